The van der Waals surface area contributed by atoms with Gasteiger partial charge in [0, 0.05) is 12.1 Å². The number of aromatic nitrogens is 2. The van der Waals surface area contributed by atoms with Crippen molar-refractivity contribution in [1.29, 1.82) is 0 Å². The largest absolute Gasteiger partial charge is 0.207 e. The van der Waals surface area contributed by atoms with Gasteiger partial charge in [0.05, 0.1) is 11.8 Å². The summed E-state index contributed by atoms with van der Waals surface area (Å²) in [5, 5.41) is 0. The Balaban J connectivity index is 2.34. The molecule has 0 spiro atoms. The molecule has 0 N–H and O–H groups in total. The number of hydrogen-bond donors (Lipinski definition) is 0. The molecule has 0 bridgehead atoms. The normalized spacial score (nSPS) is 12.7. The van der Waals surface area contributed by atoms with Crippen LogP contribution in [0.3, 0.4) is 0 Å². The first-order chi connectivity index (χ1) is 6.75. The summed E-state index contributed by atoms with van der Waals surface area (Å²) in [5.41, 5.74) is 1.14. The van der Waals surface area contributed by atoms with Crippen molar-refractivity contribution in [3.8, 4) is 5.69 Å². The minimum absolute atomic E-state index is 0.455. The highest BCUT2D eigenvalue weighted by molar-refractivity contribution is 5.42. The zero-order valence-electron chi connectivity index (χ0n) is 7.24. The summed E-state index contributed by atoms with van der Waals surface area (Å²) < 4.78 is 29.8. The van der Waals surface area contributed by atoms with Gasteiger partial charge in [0.1, 0.15) is 11.5 Å². The van der Waals surface area contributed by atoms with E-state index in [0.717, 1.165) is 6.07 Å². The van der Waals surface area contributed by atoms with Crippen molar-refractivity contribution in [1.82, 2.24) is 4.68 Å². The molecule has 0 fully saturated rings. The molecule has 1 aliphatic heterocycles. The van der Waals surface area contributed by atoms with Gasteiger partial charge in [0.15, 0.2) is 18.6 Å². The molecule has 0 aliphatic carbocycles. The van der Waals surface area contributed by atoms with Crippen molar-refractivity contribution in [3.05, 3.63) is 47.8 Å². The molecule has 0 saturated heterocycles. The molecule has 2 nitrogen and oxygen atoms in total. The first-order valence-corrected chi connectivity index (χ1v) is 4.31. The average Bonchev–Trinajstić information content (AvgIpc) is 2.60. The Morgan fingerprint density at radius 2 is 2.14 bits per heavy atom. The third-order valence-electron chi connectivity index (χ3n) is 2.43. The molecule has 0 atom stereocenters. The Bertz CT molecular complexity index is 517. The van der Waals surface area contributed by atoms with Crippen LogP contribution in [0.5, 0.6) is 0 Å². The van der Waals surface area contributed by atoms with Crippen LogP contribution in [-0.4, -0.2) is 4.68 Å². The summed E-state index contributed by atoms with van der Waals surface area (Å²) in [4.78, 5) is 0. The van der Waals surface area contributed by atoms with Gasteiger partial charge in [-0.1, -0.05) is 0 Å². The van der Waals surface area contributed by atoms with Gasteiger partial charge in [-0.25, -0.2) is 8.78 Å². The monoisotopic (exact) mass is 193 g/mol. The molecule has 1 aliphatic rings. The Hall–Kier alpha value is -1.71. The van der Waals surface area contributed by atoms with Gasteiger partial charge in [0.25, 0.3) is 0 Å². The van der Waals surface area contributed by atoms with Crippen LogP contribution in [0.1, 0.15) is 5.56 Å². The molecule has 70 valence electrons. The van der Waals surface area contributed by atoms with E-state index in [1.54, 1.807) is 10.9 Å². The molecule has 0 unspecified atom stereocenters. The summed E-state index contributed by atoms with van der Waals surface area (Å²) in [7, 11) is 0. The highest BCUT2D eigenvalue weighted by atomic mass is 19.1. The second-order valence-electron chi connectivity index (χ2n) is 3.33. The van der Waals surface area contributed by atoms with E-state index in [1.165, 1.54) is 6.07 Å². The first kappa shape index (κ1) is 7.67. The van der Waals surface area contributed by atoms with Crippen molar-refractivity contribution in [3.63, 3.8) is 0 Å². The number of fused-ring (bicyclic) bond motifs is 3. The van der Waals surface area contributed by atoms with Crippen molar-refractivity contribution >= 4 is 0 Å². The minimum Gasteiger partial charge on any atom is -0.207 e. The van der Waals surface area contributed by atoms with E-state index in [-0.39, 0.29) is 0 Å². The number of rotatable bonds is 0. The second-order valence-corrected chi connectivity index (χ2v) is 3.33. The highest BCUT2D eigenvalue weighted by Crippen LogP contribution is 2.22. The third-order valence-corrected chi connectivity index (χ3v) is 2.43. The topological polar surface area (TPSA) is 8.81 Å². The van der Waals surface area contributed by atoms with Crippen LogP contribution < -0.4 is 4.68 Å². The van der Waals surface area contributed by atoms with Gasteiger partial charge in [-0.15, -0.1) is 9.36 Å². The lowest BCUT2D eigenvalue weighted by atomic mass is 10.2. The van der Waals surface area contributed by atoms with Crippen LogP contribution in [0.15, 0.2) is 30.6 Å². The second kappa shape index (κ2) is 2.41. The van der Waals surface area contributed by atoms with Crippen LogP contribution in [0, 0.1) is 11.6 Å². The van der Waals surface area contributed by atoms with Crippen LogP contribution in [0.2, 0.25) is 0 Å². The van der Waals surface area contributed by atoms with E-state index < -0.39 is 11.6 Å². The van der Waals surface area contributed by atoms with Gasteiger partial charge in [-0.2, -0.15) is 0 Å². The Labute approximate surface area is 79.0 Å². The highest BCUT2D eigenvalue weighted by Gasteiger charge is 2.27. The van der Waals surface area contributed by atoms with Gasteiger partial charge >= 0.3 is 0 Å². The van der Waals surface area contributed by atoms with Gasteiger partial charge in [-0.05, 0) is 6.07 Å². The predicted molar refractivity (Wildman–Crippen MR) is 45.0 cm³/mol. The molecule has 4 heteroatoms. The van der Waals surface area contributed by atoms with Gasteiger partial charge in [-0.3, -0.25) is 0 Å². The summed E-state index contributed by atoms with van der Waals surface area (Å²) in [6.07, 6.45) is 3.59. The molecule has 14 heavy (non-hydrogen) atoms. The molecule has 1 aromatic heterocycles. The number of hydrogen-bond acceptors (Lipinski definition) is 0. The Morgan fingerprint density at radius 3 is 3.00 bits per heavy atom. The van der Waals surface area contributed by atoms with E-state index in [4.69, 9.17) is 0 Å². The summed E-state index contributed by atoms with van der Waals surface area (Å²) in [5.74, 6) is -1.03. The van der Waals surface area contributed by atoms with E-state index >= 15 is 0 Å². The maximum absolute atomic E-state index is 13.4. The molecule has 3 rings (SSSR count). The maximum atomic E-state index is 13.4. The summed E-state index contributed by atoms with van der Waals surface area (Å²) in [6.45, 7) is 0.525. The van der Waals surface area contributed by atoms with Crippen LogP contribution in [0.25, 0.3) is 5.69 Å². The minimum atomic E-state index is -0.521. The quantitative estimate of drug-likeness (QED) is 0.477. The van der Waals surface area contributed by atoms with E-state index in [2.05, 4.69) is 0 Å². The third kappa shape index (κ3) is 0.852. The van der Waals surface area contributed by atoms with Crippen molar-refractivity contribution < 1.29 is 13.5 Å². The van der Waals surface area contributed by atoms with Crippen LogP contribution in [0.4, 0.5) is 8.78 Å². The lowest BCUT2D eigenvalue weighted by Crippen LogP contribution is -2.36. The van der Waals surface area contributed by atoms with Crippen molar-refractivity contribution in [2.45, 2.75) is 6.54 Å². The molecule has 0 amide bonds. The number of nitrogens with zero attached hydrogens (tertiary/aromatic N) is 2. The molecular weight excluding hydrogens is 186 g/mol. The lowest BCUT2D eigenvalue weighted by Gasteiger charge is -1.97. The molecule has 2 heterocycles. The van der Waals surface area contributed by atoms with Crippen molar-refractivity contribution in [2.24, 2.45) is 0 Å². The predicted octanol–water partition coefficient (Wildman–Crippen LogP) is 1.40. The lowest BCUT2D eigenvalue weighted by molar-refractivity contribution is -0.751. The molecule has 2 aromatic rings. The van der Waals surface area contributed by atoms with E-state index in [9.17, 15) is 8.78 Å². The fourth-order valence-corrected chi connectivity index (χ4v) is 1.88. The van der Waals surface area contributed by atoms with Crippen LogP contribution >= 0.6 is 0 Å². The zero-order chi connectivity index (χ0) is 9.71. The average molecular weight is 193 g/mol. The fourth-order valence-electron chi connectivity index (χ4n) is 1.88. The Kier molecular flexibility index (Phi) is 1.32. The van der Waals surface area contributed by atoms with Gasteiger partial charge < -0.3 is 0 Å². The van der Waals surface area contributed by atoms with E-state index in [1.807, 2.05) is 16.9 Å². The van der Waals surface area contributed by atoms with Gasteiger partial charge in [0.2, 0.25) is 0 Å². The Morgan fingerprint density at radius 1 is 1.29 bits per heavy atom. The smallest absolute Gasteiger partial charge is 0.200 e. The first-order valence-electron chi connectivity index (χ1n) is 4.31. The number of halogens is 2. The van der Waals surface area contributed by atoms with E-state index in [0.29, 0.717) is 17.8 Å². The summed E-state index contributed by atoms with van der Waals surface area (Å²) >= 11 is 0. The molecule has 0 radical (unpaired) electrons. The standard InChI is InChI=1S/C10H7F2N2/c11-8-4-7-6-13-2-1-3-14(13)10(7)9(12)5-8/h1-5H,6H2/q+1. The molecule has 1 aromatic carbocycles. The number of benzene rings is 1. The fraction of sp³-hybridized carbons (Fsp3) is 0.100. The van der Waals surface area contributed by atoms with Crippen LogP contribution in [-0.2, 0) is 6.54 Å². The van der Waals surface area contributed by atoms with Crippen molar-refractivity contribution in [2.75, 3.05) is 0 Å². The summed E-state index contributed by atoms with van der Waals surface area (Å²) in [6, 6.07) is 4.11. The SMILES string of the molecule is Fc1cc(F)c2c(c1)C[n+]1cccn1-2. The molecule has 0 saturated carbocycles. The zero-order valence-corrected chi connectivity index (χ0v) is 7.24. The molecular formula is C10H7F2N2+. The maximum Gasteiger partial charge on any atom is 0.200 e.